The Morgan fingerprint density at radius 1 is 1.08 bits per heavy atom. The van der Waals surface area contributed by atoms with Gasteiger partial charge in [0.25, 0.3) is 5.91 Å². The monoisotopic (exact) mass is 323 g/mol. The average Bonchev–Trinajstić information content (AvgIpc) is 3.05. The Morgan fingerprint density at radius 2 is 1.83 bits per heavy atom. The van der Waals surface area contributed by atoms with Crippen LogP contribution in [0.1, 0.15) is 21.9 Å². The molecular formula is C19H17NO4. The molecule has 122 valence electrons. The van der Waals surface area contributed by atoms with E-state index < -0.39 is 5.91 Å². The summed E-state index contributed by atoms with van der Waals surface area (Å²) in [5.74, 6) is 1.04. The van der Waals surface area contributed by atoms with Crippen LogP contribution in [-0.2, 0) is 6.61 Å². The molecule has 24 heavy (non-hydrogen) atoms. The van der Waals surface area contributed by atoms with Gasteiger partial charge < -0.3 is 19.6 Å². The van der Waals surface area contributed by atoms with Crippen LogP contribution in [-0.4, -0.2) is 11.0 Å². The molecule has 3 rings (SSSR count). The summed E-state index contributed by atoms with van der Waals surface area (Å²) in [6.07, 6.45) is 0. The smallest absolute Gasteiger partial charge is 0.291 e. The lowest BCUT2D eigenvalue weighted by atomic mass is 10.2. The predicted octanol–water partition coefficient (Wildman–Crippen LogP) is 4.12. The number of rotatable bonds is 5. The van der Waals surface area contributed by atoms with Crippen molar-refractivity contribution >= 4 is 11.6 Å². The molecule has 0 saturated heterocycles. The van der Waals surface area contributed by atoms with Gasteiger partial charge >= 0.3 is 0 Å². The van der Waals surface area contributed by atoms with Gasteiger partial charge in [0.2, 0.25) is 0 Å². The fourth-order valence-electron chi connectivity index (χ4n) is 2.21. The number of anilines is 1. The molecule has 0 atom stereocenters. The topological polar surface area (TPSA) is 71.7 Å². The quantitative estimate of drug-likeness (QED) is 0.693. The maximum absolute atomic E-state index is 12.2. The van der Waals surface area contributed by atoms with Crippen molar-refractivity contribution in [3.63, 3.8) is 0 Å². The second-order valence-electron chi connectivity index (χ2n) is 5.29. The van der Waals surface area contributed by atoms with E-state index in [9.17, 15) is 9.90 Å². The number of hydrogen-bond acceptors (Lipinski definition) is 4. The number of amides is 1. The van der Waals surface area contributed by atoms with E-state index in [4.69, 9.17) is 9.15 Å². The Hall–Kier alpha value is -3.21. The molecule has 0 bridgehead atoms. The van der Waals surface area contributed by atoms with Crippen LogP contribution in [0.15, 0.2) is 65.1 Å². The number of phenolic OH excluding ortho intramolecular Hbond substituents is 1. The maximum atomic E-state index is 12.2. The summed E-state index contributed by atoms with van der Waals surface area (Å²) in [5, 5.41) is 12.3. The van der Waals surface area contributed by atoms with E-state index in [0.717, 1.165) is 11.3 Å². The molecule has 0 unspecified atom stereocenters. The van der Waals surface area contributed by atoms with E-state index in [1.54, 1.807) is 30.3 Å². The van der Waals surface area contributed by atoms with Gasteiger partial charge in [-0.3, -0.25) is 4.79 Å². The third-order valence-corrected chi connectivity index (χ3v) is 3.50. The molecule has 1 amide bonds. The molecule has 3 aromatic rings. The predicted molar refractivity (Wildman–Crippen MR) is 90.3 cm³/mol. The lowest BCUT2D eigenvalue weighted by Gasteiger charge is -2.07. The van der Waals surface area contributed by atoms with Gasteiger partial charge in [-0.25, -0.2) is 0 Å². The number of hydrogen-bond donors (Lipinski definition) is 2. The minimum Gasteiger partial charge on any atom is -0.506 e. The zero-order chi connectivity index (χ0) is 16.9. The van der Waals surface area contributed by atoms with Gasteiger partial charge in [-0.1, -0.05) is 30.3 Å². The second kappa shape index (κ2) is 6.91. The first kappa shape index (κ1) is 15.7. The van der Waals surface area contributed by atoms with Crippen molar-refractivity contribution < 1.29 is 19.1 Å². The summed E-state index contributed by atoms with van der Waals surface area (Å²) in [7, 11) is 0. The average molecular weight is 323 g/mol. The number of benzene rings is 2. The van der Waals surface area contributed by atoms with Crippen LogP contribution in [0.2, 0.25) is 0 Å². The van der Waals surface area contributed by atoms with Crippen LogP contribution in [0.5, 0.6) is 11.5 Å². The van der Waals surface area contributed by atoms with Gasteiger partial charge in [0, 0.05) is 0 Å². The number of carbonyl (C=O) groups excluding carboxylic acids is 1. The fourth-order valence-corrected chi connectivity index (χ4v) is 2.21. The minimum atomic E-state index is -0.432. The molecule has 1 heterocycles. The molecule has 0 radical (unpaired) electrons. The number of carbonyl (C=O) groups is 1. The number of phenols is 1. The van der Waals surface area contributed by atoms with Gasteiger partial charge in [0.1, 0.15) is 23.9 Å². The van der Waals surface area contributed by atoms with Crippen molar-refractivity contribution in [2.24, 2.45) is 0 Å². The number of para-hydroxylation sites is 3. The van der Waals surface area contributed by atoms with Gasteiger partial charge in [-0.05, 0) is 42.8 Å². The Morgan fingerprint density at radius 3 is 2.62 bits per heavy atom. The third-order valence-electron chi connectivity index (χ3n) is 3.50. The Balaban J connectivity index is 1.64. The molecular weight excluding hydrogens is 306 g/mol. The number of nitrogens with one attached hydrogen (secondary N) is 1. The number of aryl methyl sites for hydroxylation is 1. The normalized spacial score (nSPS) is 10.4. The Bertz CT molecular complexity index is 854. The molecule has 1 aromatic heterocycles. The first-order chi connectivity index (χ1) is 11.6. The summed E-state index contributed by atoms with van der Waals surface area (Å²) in [6.45, 7) is 2.19. The number of furan rings is 1. The van der Waals surface area contributed by atoms with Crippen molar-refractivity contribution in [2.45, 2.75) is 13.5 Å². The van der Waals surface area contributed by atoms with Crippen molar-refractivity contribution in [3.8, 4) is 11.5 Å². The lowest BCUT2D eigenvalue weighted by Crippen LogP contribution is -2.10. The fraction of sp³-hybridized carbons (Fsp3) is 0.105. The van der Waals surface area contributed by atoms with Crippen molar-refractivity contribution in [2.75, 3.05) is 5.32 Å². The van der Waals surface area contributed by atoms with E-state index in [2.05, 4.69) is 5.32 Å². The van der Waals surface area contributed by atoms with Crippen molar-refractivity contribution in [1.82, 2.24) is 0 Å². The summed E-state index contributed by atoms with van der Waals surface area (Å²) < 4.78 is 11.2. The van der Waals surface area contributed by atoms with E-state index in [-0.39, 0.29) is 18.1 Å². The standard InChI is InChI=1S/C19H17NO4/c1-13-6-2-5-9-17(13)23-12-14-10-11-18(24-14)19(22)20-15-7-3-4-8-16(15)21/h2-11,21H,12H2,1H3,(H,20,22). The molecule has 0 aliphatic heterocycles. The third kappa shape index (κ3) is 3.57. The zero-order valence-corrected chi connectivity index (χ0v) is 13.2. The van der Waals surface area contributed by atoms with Gasteiger partial charge in [-0.15, -0.1) is 0 Å². The molecule has 0 spiro atoms. The highest BCUT2D eigenvalue weighted by atomic mass is 16.5. The van der Waals surface area contributed by atoms with E-state index in [1.165, 1.54) is 6.07 Å². The van der Waals surface area contributed by atoms with Crippen LogP contribution >= 0.6 is 0 Å². The first-order valence-corrected chi connectivity index (χ1v) is 7.50. The zero-order valence-electron chi connectivity index (χ0n) is 13.2. The van der Waals surface area contributed by atoms with E-state index in [1.807, 2.05) is 31.2 Å². The highest BCUT2D eigenvalue weighted by molar-refractivity contribution is 6.03. The maximum Gasteiger partial charge on any atom is 0.291 e. The number of ether oxygens (including phenoxy) is 1. The van der Waals surface area contributed by atoms with Crippen LogP contribution < -0.4 is 10.1 Å². The van der Waals surface area contributed by atoms with E-state index >= 15 is 0 Å². The molecule has 0 fully saturated rings. The summed E-state index contributed by atoms with van der Waals surface area (Å²) >= 11 is 0. The summed E-state index contributed by atoms with van der Waals surface area (Å²) in [4.78, 5) is 12.2. The lowest BCUT2D eigenvalue weighted by molar-refractivity contribution is 0.0992. The molecule has 2 aromatic carbocycles. The largest absolute Gasteiger partial charge is 0.506 e. The molecule has 0 saturated carbocycles. The summed E-state index contributed by atoms with van der Waals surface area (Å²) in [6, 6.07) is 17.5. The molecule has 2 N–H and O–H groups in total. The second-order valence-corrected chi connectivity index (χ2v) is 5.29. The van der Waals surface area contributed by atoms with Crippen LogP contribution in [0.3, 0.4) is 0 Å². The van der Waals surface area contributed by atoms with Crippen LogP contribution in [0.4, 0.5) is 5.69 Å². The molecule has 5 nitrogen and oxygen atoms in total. The van der Waals surface area contributed by atoms with Crippen LogP contribution in [0, 0.1) is 6.92 Å². The van der Waals surface area contributed by atoms with Crippen LogP contribution in [0.25, 0.3) is 0 Å². The van der Waals surface area contributed by atoms with Gasteiger partial charge in [0.05, 0.1) is 5.69 Å². The Labute approximate surface area is 139 Å². The highest BCUT2D eigenvalue weighted by Gasteiger charge is 2.13. The molecule has 0 aliphatic rings. The van der Waals surface area contributed by atoms with Gasteiger partial charge in [0.15, 0.2) is 5.76 Å². The number of aromatic hydroxyl groups is 1. The van der Waals surface area contributed by atoms with Crippen molar-refractivity contribution in [1.29, 1.82) is 0 Å². The highest BCUT2D eigenvalue weighted by Crippen LogP contribution is 2.23. The first-order valence-electron chi connectivity index (χ1n) is 7.50. The SMILES string of the molecule is Cc1ccccc1OCc1ccc(C(=O)Nc2ccccc2O)o1. The Kier molecular flexibility index (Phi) is 4.52. The minimum absolute atomic E-state index is 0.000478. The molecule has 0 aliphatic carbocycles. The summed E-state index contributed by atoms with van der Waals surface area (Å²) in [5.41, 5.74) is 1.36. The van der Waals surface area contributed by atoms with Gasteiger partial charge in [-0.2, -0.15) is 0 Å². The van der Waals surface area contributed by atoms with E-state index in [0.29, 0.717) is 11.4 Å². The molecule has 5 heteroatoms. The van der Waals surface area contributed by atoms with Crippen molar-refractivity contribution in [3.05, 3.63) is 77.7 Å².